The van der Waals surface area contributed by atoms with E-state index in [-0.39, 0.29) is 5.37 Å². The van der Waals surface area contributed by atoms with Gasteiger partial charge in [-0.05, 0) is 12.1 Å². The van der Waals surface area contributed by atoms with Crippen molar-refractivity contribution in [3.8, 4) is 0 Å². The third kappa shape index (κ3) is 1.32. The fraction of sp³-hybridized carbons (Fsp3) is 0.200. The predicted octanol–water partition coefficient (Wildman–Crippen LogP) is 1.91. The van der Waals surface area contributed by atoms with E-state index in [0.29, 0.717) is 17.0 Å². The van der Waals surface area contributed by atoms with E-state index >= 15 is 0 Å². The minimum Gasteiger partial charge on any atom is -0.610 e. The summed E-state index contributed by atoms with van der Waals surface area (Å²) >= 11 is -1.16. The Hall–Kier alpha value is -0.970. The van der Waals surface area contributed by atoms with Gasteiger partial charge >= 0.3 is 0 Å². The van der Waals surface area contributed by atoms with Gasteiger partial charge in [0.05, 0.1) is 0 Å². The number of rotatable bonds is 2. The van der Waals surface area contributed by atoms with Crippen molar-refractivity contribution in [2.75, 3.05) is 5.06 Å². The van der Waals surface area contributed by atoms with E-state index in [2.05, 4.69) is 6.58 Å². The Morgan fingerprint density at radius 1 is 1.57 bits per heavy atom. The van der Waals surface area contributed by atoms with E-state index in [1.54, 1.807) is 18.2 Å². The second-order valence-electron chi connectivity index (χ2n) is 3.09. The molecule has 0 saturated carbocycles. The quantitative estimate of drug-likeness (QED) is 0.597. The Morgan fingerprint density at radius 3 is 2.93 bits per heavy atom. The van der Waals surface area contributed by atoms with Gasteiger partial charge in [0, 0.05) is 17.6 Å². The summed E-state index contributed by atoms with van der Waals surface area (Å²) in [6, 6.07) is 7.17. The lowest BCUT2D eigenvalue weighted by molar-refractivity contribution is 0.245. The minimum absolute atomic E-state index is 0.384. The molecule has 1 aromatic rings. The summed E-state index contributed by atoms with van der Waals surface area (Å²) in [7, 11) is 0. The highest BCUT2D eigenvalue weighted by molar-refractivity contribution is 7.92. The number of anilines is 1. The molecule has 1 aliphatic rings. The molecule has 0 saturated heterocycles. The first-order valence-corrected chi connectivity index (χ1v) is 5.55. The van der Waals surface area contributed by atoms with Gasteiger partial charge in [-0.1, -0.05) is 18.2 Å². The molecular weight excluding hydrogens is 198 g/mol. The first-order chi connectivity index (χ1) is 6.75. The molecule has 0 spiro atoms. The Bertz CT molecular complexity index is 327. The third-order valence-corrected chi connectivity index (χ3v) is 3.88. The molecule has 74 valence electrons. The SMILES string of the molecule is C=CCC1N(O)c2ccccc2[S+]1[O-]. The molecule has 0 bridgehead atoms. The van der Waals surface area contributed by atoms with Crippen LogP contribution < -0.4 is 5.06 Å². The van der Waals surface area contributed by atoms with Crippen LogP contribution in [0, 0.1) is 0 Å². The van der Waals surface area contributed by atoms with Crippen molar-refractivity contribution in [3.05, 3.63) is 36.9 Å². The van der Waals surface area contributed by atoms with Crippen molar-refractivity contribution in [1.82, 2.24) is 0 Å². The van der Waals surface area contributed by atoms with Crippen molar-refractivity contribution >= 4 is 16.9 Å². The number of para-hydroxylation sites is 1. The summed E-state index contributed by atoms with van der Waals surface area (Å²) < 4.78 is 11.9. The highest BCUT2D eigenvalue weighted by Gasteiger charge is 2.40. The topological polar surface area (TPSA) is 46.5 Å². The van der Waals surface area contributed by atoms with Crippen molar-refractivity contribution in [3.63, 3.8) is 0 Å². The number of hydrogen-bond acceptors (Lipinski definition) is 3. The number of benzene rings is 1. The van der Waals surface area contributed by atoms with E-state index in [1.807, 2.05) is 12.1 Å². The van der Waals surface area contributed by atoms with Crippen LogP contribution in [0.5, 0.6) is 0 Å². The molecule has 1 N–H and O–H groups in total. The van der Waals surface area contributed by atoms with Gasteiger partial charge in [-0.2, -0.15) is 0 Å². The molecule has 0 amide bonds. The Balaban J connectivity index is 2.37. The standard InChI is InChI=1S/C10H11NO2S/c1-2-5-10-11(12)8-6-3-4-7-9(8)14(10)13/h2-4,6-7,10,12H,1,5H2. The zero-order valence-electron chi connectivity index (χ0n) is 7.59. The molecule has 0 fully saturated rings. The summed E-state index contributed by atoms with van der Waals surface area (Å²) in [5, 5.41) is 10.4. The zero-order chi connectivity index (χ0) is 10.1. The molecule has 2 atom stereocenters. The van der Waals surface area contributed by atoms with Crippen LogP contribution in [-0.4, -0.2) is 15.1 Å². The second-order valence-corrected chi connectivity index (χ2v) is 4.67. The molecule has 4 heteroatoms. The lowest BCUT2D eigenvalue weighted by atomic mass is 10.3. The molecule has 0 radical (unpaired) electrons. The molecule has 1 aliphatic heterocycles. The van der Waals surface area contributed by atoms with Crippen molar-refractivity contribution < 1.29 is 9.76 Å². The van der Waals surface area contributed by atoms with Crippen molar-refractivity contribution in [1.29, 1.82) is 0 Å². The number of fused-ring (bicyclic) bond motifs is 1. The lowest BCUT2D eigenvalue weighted by Gasteiger charge is -2.17. The van der Waals surface area contributed by atoms with E-state index in [0.717, 1.165) is 5.06 Å². The van der Waals surface area contributed by atoms with Crippen LogP contribution in [0.4, 0.5) is 5.69 Å². The molecule has 1 aromatic carbocycles. The van der Waals surface area contributed by atoms with E-state index in [4.69, 9.17) is 0 Å². The van der Waals surface area contributed by atoms with Gasteiger partial charge in [0.25, 0.3) is 0 Å². The minimum atomic E-state index is -1.16. The maximum Gasteiger partial charge on any atom is 0.219 e. The molecular formula is C10H11NO2S. The van der Waals surface area contributed by atoms with Crippen LogP contribution >= 0.6 is 0 Å². The fourth-order valence-corrected chi connectivity index (χ4v) is 3.02. The summed E-state index contributed by atoms with van der Waals surface area (Å²) in [6.45, 7) is 3.58. The Labute approximate surface area is 85.8 Å². The summed E-state index contributed by atoms with van der Waals surface area (Å²) in [4.78, 5) is 0.696. The number of hydroxylamine groups is 1. The maximum atomic E-state index is 11.9. The van der Waals surface area contributed by atoms with Gasteiger partial charge in [-0.25, -0.2) is 5.06 Å². The molecule has 0 aromatic heterocycles. The molecule has 0 aliphatic carbocycles. The normalized spacial score (nSPS) is 24.9. The van der Waals surface area contributed by atoms with Gasteiger partial charge < -0.3 is 4.55 Å². The number of hydrogen-bond donors (Lipinski definition) is 1. The zero-order valence-corrected chi connectivity index (χ0v) is 8.41. The monoisotopic (exact) mass is 209 g/mol. The van der Waals surface area contributed by atoms with Crippen molar-refractivity contribution in [2.45, 2.75) is 16.7 Å². The van der Waals surface area contributed by atoms with E-state index in [1.165, 1.54) is 0 Å². The van der Waals surface area contributed by atoms with Gasteiger partial charge in [0.15, 0.2) is 4.90 Å². The molecule has 2 unspecified atom stereocenters. The predicted molar refractivity (Wildman–Crippen MR) is 55.7 cm³/mol. The van der Waals surface area contributed by atoms with Crippen molar-refractivity contribution in [2.24, 2.45) is 0 Å². The molecule has 3 nitrogen and oxygen atoms in total. The Kier molecular flexibility index (Phi) is 2.50. The van der Waals surface area contributed by atoms with E-state index in [9.17, 15) is 9.76 Å². The third-order valence-electron chi connectivity index (χ3n) is 2.22. The van der Waals surface area contributed by atoms with Crippen LogP contribution in [0.3, 0.4) is 0 Å². The lowest BCUT2D eigenvalue weighted by Crippen LogP contribution is -2.31. The first-order valence-electron chi connectivity index (χ1n) is 4.34. The van der Waals surface area contributed by atoms with E-state index < -0.39 is 11.2 Å². The van der Waals surface area contributed by atoms with Crippen LogP contribution in [0.1, 0.15) is 6.42 Å². The van der Waals surface area contributed by atoms with Gasteiger partial charge in [-0.3, -0.25) is 5.21 Å². The molecule has 14 heavy (non-hydrogen) atoms. The highest BCUT2D eigenvalue weighted by Crippen LogP contribution is 2.37. The molecule has 1 heterocycles. The van der Waals surface area contributed by atoms with Gasteiger partial charge in [0.1, 0.15) is 5.69 Å². The van der Waals surface area contributed by atoms with Crippen LogP contribution in [0.15, 0.2) is 41.8 Å². The van der Waals surface area contributed by atoms with Crippen LogP contribution in [-0.2, 0) is 11.2 Å². The average Bonchev–Trinajstić information content (AvgIpc) is 2.45. The summed E-state index contributed by atoms with van der Waals surface area (Å²) in [5.74, 6) is 0. The first kappa shape index (κ1) is 9.58. The number of nitrogens with zero attached hydrogens (tertiary/aromatic N) is 1. The molecule has 2 rings (SSSR count). The van der Waals surface area contributed by atoms with Gasteiger partial charge in [-0.15, -0.1) is 6.58 Å². The largest absolute Gasteiger partial charge is 0.610 e. The summed E-state index contributed by atoms with van der Waals surface area (Å²) in [6.07, 6.45) is 2.18. The average molecular weight is 209 g/mol. The van der Waals surface area contributed by atoms with Crippen LogP contribution in [0.25, 0.3) is 0 Å². The summed E-state index contributed by atoms with van der Waals surface area (Å²) in [5.41, 5.74) is 0.637. The van der Waals surface area contributed by atoms with Crippen LogP contribution in [0.2, 0.25) is 0 Å². The Morgan fingerprint density at radius 2 is 2.29 bits per heavy atom. The van der Waals surface area contributed by atoms with Gasteiger partial charge in [0.2, 0.25) is 5.37 Å². The highest BCUT2D eigenvalue weighted by atomic mass is 32.2. The fourth-order valence-electron chi connectivity index (χ4n) is 1.54. The maximum absolute atomic E-state index is 11.9. The smallest absolute Gasteiger partial charge is 0.219 e. The second kappa shape index (κ2) is 3.65.